The van der Waals surface area contributed by atoms with Gasteiger partial charge in [-0.3, -0.25) is 0 Å². The summed E-state index contributed by atoms with van der Waals surface area (Å²) in [6.45, 7) is 8.61. The van der Waals surface area contributed by atoms with Crippen molar-refractivity contribution in [3.63, 3.8) is 0 Å². The van der Waals surface area contributed by atoms with Gasteiger partial charge in [0.15, 0.2) is 11.5 Å². The molecule has 162 valence electrons. The van der Waals surface area contributed by atoms with E-state index in [1.165, 1.54) is 24.9 Å². The standard InChI is InChI=1S/C23H32N4O3/c1-3-5-6-7-18-30-20-10-8-19(9-11-20)26-14-16-27(17-15-26)22-13-12-21(24-25-22)23(28)29-4-2/h8-13H,3-7,14-18H2,1-2H3. The summed E-state index contributed by atoms with van der Waals surface area (Å²) in [6, 6.07) is 11.9. The Morgan fingerprint density at radius 3 is 2.27 bits per heavy atom. The molecule has 0 N–H and O–H groups in total. The lowest BCUT2D eigenvalue weighted by atomic mass is 10.2. The van der Waals surface area contributed by atoms with Crippen molar-refractivity contribution in [2.75, 3.05) is 49.2 Å². The molecule has 1 aromatic heterocycles. The molecule has 1 aliphatic rings. The van der Waals surface area contributed by atoms with Crippen LogP contribution >= 0.6 is 0 Å². The van der Waals surface area contributed by atoms with Crippen LogP contribution in [0.15, 0.2) is 36.4 Å². The minimum absolute atomic E-state index is 0.243. The van der Waals surface area contributed by atoms with Gasteiger partial charge >= 0.3 is 5.97 Å². The van der Waals surface area contributed by atoms with Crippen LogP contribution < -0.4 is 14.5 Å². The highest BCUT2D eigenvalue weighted by Crippen LogP contribution is 2.22. The minimum Gasteiger partial charge on any atom is -0.494 e. The molecule has 0 aliphatic carbocycles. The monoisotopic (exact) mass is 412 g/mol. The van der Waals surface area contributed by atoms with E-state index in [2.05, 4.69) is 51.2 Å². The number of piperazine rings is 1. The molecule has 2 aromatic rings. The Morgan fingerprint density at radius 1 is 0.900 bits per heavy atom. The molecule has 30 heavy (non-hydrogen) atoms. The summed E-state index contributed by atoms with van der Waals surface area (Å²) in [5.41, 5.74) is 1.45. The summed E-state index contributed by atoms with van der Waals surface area (Å²) >= 11 is 0. The maximum absolute atomic E-state index is 11.7. The van der Waals surface area contributed by atoms with Gasteiger partial charge in [0.2, 0.25) is 0 Å². The van der Waals surface area contributed by atoms with Crippen molar-refractivity contribution in [1.82, 2.24) is 10.2 Å². The molecule has 0 spiro atoms. The van der Waals surface area contributed by atoms with E-state index in [0.717, 1.165) is 50.8 Å². The first-order chi connectivity index (χ1) is 14.7. The van der Waals surface area contributed by atoms with Gasteiger partial charge in [0.05, 0.1) is 13.2 Å². The van der Waals surface area contributed by atoms with Gasteiger partial charge in [0.1, 0.15) is 5.75 Å². The fourth-order valence-electron chi connectivity index (χ4n) is 3.47. The fraction of sp³-hybridized carbons (Fsp3) is 0.522. The Morgan fingerprint density at radius 2 is 1.63 bits per heavy atom. The van der Waals surface area contributed by atoms with Crippen LogP contribution in [-0.4, -0.2) is 55.6 Å². The van der Waals surface area contributed by atoms with Crippen molar-refractivity contribution < 1.29 is 14.3 Å². The van der Waals surface area contributed by atoms with Crippen LogP contribution in [0.5, 0.6) is 5.75 Å². The second-order valence-electron chi connectivity index (χ2n) is 7.37. The van der Waals surface area contributed by atoms with Crippen molar-refractivity contribution in [2.24, 2.45) is 0 Å². The maximum Gasteiger partial charge on any atom is 0.358 e. The van der Waals surface area contributed by atoms with Crippen molar-refractivity contribution in [1.29, 1.82) is 0 Å². The lowest BCUT2D eigenvalue weighted by Crippen LogP contribution is -2.46. The van der Waals surface area contributed by atoms with Crippen molar-refractivity contribution >= 4 is 17.5 Å². The van der Waals surface area contributed by atoms with E-state index in [0.29, 0.717) is 6.61 Å². The second-order valence-corrected chi connectivity index (χ2v) is 7.37. The van der Waals surface area contributed by atoms with E-state index in [1.54, 1.807) is 13.0 Å². The second kappa shape index (κ2) is 11.4. The predicted molar refractivity (Wildman–Crippen MR) is 118 cm³/mol. The SMILES string of the molecule is CCCCCCOc1ccc(N2CCN(c3ccc(C(=O)OCC)nn3)CC2)cc1. The lowest BCUT2D eigenvalue weighted by Gasteiger charge is -2.36. The minimum atomic E-state index is -0.435. The quantitative estimate of drug-likeness (QED) is 0.432. The van der Waals surface area contributed by atoms with E-state index in [9.17, 15) is 4.79 Å². The van der Waals surface area contributed by atoms with Gasteiger partial charge < -0.3 is 19.3 Å². The number of benzene rings is 1. The van der Waals surface area contributed by atoms with E-state index in [-0.39, 0.29) is 5.69 Å². The number of hydrogen-bond donors (Lipinski definition) is 0. The third kappa shape index (κ3) is 6.08. The number of carbonyl (C=O) groups is 1. The Hall–Kier alpha value is -2.83. The van der Waals surface area contributed by atoms with Gasteiger partial charge in [0.25, 0.3) is 0 Å². The molecule has 0 bridgehead atoms. The van der Waals surface area contributed by atoms with Crippen LogP contribution in [0.4, 0.5) is 11.5 Å². The number of aromatic nitrogens is 2. The molecule has 0 saturated carbocycles. The highest BCUT2D eigenvalue weighted by Gasteiger charge is 2.19. The van der Waals surface area contributed by atoms with E-state index >= 15 is 0 Å². The summed E-state index contributed by atoms with van der Waals surface area (Å²) in [7, 11) is 0. The Kier molecular flexibility index (Phi) is 8.30. The van der Waals surface area contributed by atoms with Gasteiger partial charge in [-0.2, -0.15) is 0 Å². The van der Waals surface area contributed by atoms with Gasteiger partial charge in [-0.15, -0.1) is 10.2 Å². The Balaban J connectivity index is 1.46. The molecule has 0 amide bonds. The molecular formula is C23H32N4O3. The van der Waals surface area contributed by atoms with E-state index in [1.807, 2.05) is 6.07 Å². The molecule has 2 heterocycles. The largest absolute Gasteiger partial charge is 0.494 e. The van der Waals surface area contributed by atoms with Crippen LogP contribution in [-0.2, 0) is 4.74 Å². The lowest BCUT2D eigenvalue weighted by molar-refractivity contribution is 0.0518. The average molecular weight is 413 g/mol. The van der Waals surface area contributed by atoms with Gasteiger partial charge in [-0.1, -0.05) is 26.2 Å². The number of esters is 1. The summed E-state index contributed by atoms with van der Waals surface area (Å²) < 4.78 is 10.8. The molecule has 7 nitrogen and oxygen atoms in total. The average Bonchev–Trinajstić information content (AvgIpc) is 2.80. The Labute approximate surface area is 179 Å². The topological polar surface area (TPSA) is 67.8 Å². The number of rotatable bonds is 10. The maximum atomic E-state index is 11.7. The fourth-order valence-corrected chi connectivity index (χ4v) is 3.47. The number of unbranched alkanes of at least 4 members (excludes halogenated alkanes) is 3. The van der Waals surface area contributed by atoms with Crippen molar-refractivity contribution in [3.05, 3.63) is 42.1 Å². The summed E-state index contributed by atoms with van der Waals surface area (Å²) in [5.74, 6) is 1.29. The summed E-state index contributed by atoms with van der Waals surface area (Å²) in [5, 5.41) is 8.21. The van der Waals surface area contributed by atoms with Crippen LogP contribution in [0.1, 0.15) is 50.0 Å². The summed E-state index contributed by atoms with van der Waals surface area (Å²) in [4.78, 5) is 16.3. The van der Waals surface area contributed by atoms with Crippen LogP contribution in [0.2, 0.25) is 0 Å². The zero-order chi connectivity index (χ0) is 21.2. The number of carbonyl (C=O) groups excluding carboxylic acids is 1. The third-order valence-corrected chi connectivity index (χ3v) is 5.21. The van der Waals surface area contributed by atoms with Gasteiger partial charge in [0, 0.05) is 31.9 Å². The van der Waals surface area contributed by atoms with E-state index in [4.69, 9.17) is 9.47 Å². The summed E-state index contributed by atoms with van der Waals surface area (Å²) in [6.07, 6.45) is 4.86. The zero-order valence-corrected chi connectivity index (χ0v) is 18.0. The number of ether oxygens (including phenoxy) is 2. The van der Waals surface area contributed by atoms with Crippen molar-refractivity contribution in [2.45, 2.75) is 39.5 Å². The highest BCUT2D eigenvalue weighted by atomic mass is 16.5. The Bertz CT molecular complexity index is 772. The van der Waals surface area contributed by atoms with Crippen LogP contribution in [0.25, 0.3) is 0 Å². The smallest absolute Gasteiger partial charge is 0.358 e. The number of nitrogens with zero attached hydrogens (tertiary/aromatic N) is 4. The predicted octanol–water partition coefficient (Wildman–Crippen LogP) is 3.94. The zero-order valence-electron chi connectivity index (χ0n) is 18.0. The molecule has 1 saturated heterocycles. The molecule has 1 fully saturated rings. The molecule has 0 radical (unpaired) electrons. The first-order valence-electron chi connectivity index (χ1n) is 10.9. The van der Waals surface area contributed by atoms with Crippen LogP contribution in [0, 0.1) is 0 Å². The van der Waals surface area contributed by atoms with Gasteiger partial charge in [-0.05, 0) is 49.7 Å². The first-order valence-corrected chi connectivity index (χ1v) is 10.9. The highest BCUT2D eigenvalue weighted by molar-refractivity contribution is 5.87. The van der Waals surface area contributed by atoms with Gasteiger partial charge in [-0.25, -0.2) is 4.79 Å². The number of anilines is 2. The molecule has 7 heteroatoms. The molecule has 1 aromatic carbocycles. The molecule has 0 atom stereocenters. The molecule has 3 rings (SSSR count). The number of hydrogen-bond acceptors (Lipinski definition) is 7. The normalized spacial score (nSPS) is 13.9. The molecular weight excluding hydrogens is 380 g/mol. The van der Waals surface area contributed by atoms with Crippen LogP contribution in [0.3, 0.4) is 0 Å². The first kappa shape index (κ1) is 21.9. The van der Waals surface area contributed by atoms with E-state index < -0.39 is 5.97 Å². The molecule has 0 unspecified atom stereocenters. The molecule has 1 aliphatic heterocycles. The van der Waals surface area contributed by atoms with Crippen molar-refractivity contribution in [3.8, 4) is 5.75 Å². The third-order valence-electron chi connectivity index (χ3n) is 5.21.